The molecule has 0 aliphatic rings. The molecule has 0 spiro atoms. The maximum atomic E-state index is 5.87. The van der Waals surface area contributed by atoms with Gasteiger partial charge in [0.15, 0.2) is 10.2 Å². The van der Waals surface area contributed by atoms with Gasteiger partial charge in [0.05, 0.1) is 0 Å². The van der Waals surface area contributed by atoms with Crippen molar-refractivity contribution in [2.24, 2.45) is 0 Å². The Kier molecular flexibility index (Phi) is 8.09. The third kappa shape index (κ3) is 7.15. The van der Waals surface area contributed by atoms with Crippen molar-refractivity contribution in [1.29, 1.82) is 0 Å². The van der Waals surface area contributed by atoms with Gasteiger partial charge < -0.3 is 10.6 Å². The first-order valence-corrected chi connectivity index (χ1v) is 9.58. The minimum Gasteiger partial charge on any atom is -0.361 e. The number of hydrogen-bond acceptors (Lipinski definition) is 2. The number of nitrogens with one attached hydrogen (secondary N) is 4. The Hall–Kier alpha value is -1.89. The van der Waals surface area contributed by atoms with Crippen LogP contribution in [0.25, 0.3) is 0 Å². The van der Waals surface area contributed by atoms with E-state index in [-0.39, 0.29) is 0 Å². The van der Waals surface area contributed by atoms with E-state index in [4.69, 9.17) is 36.0 Å². The van der Waals surface area contributed by atoms with E-state index in [9.17, 15) is 0 Å². The highest BCUT2D eigenvalue weighted by Gasteiger charge is 2.02. The molecule has 2 rings (SSSR count). The second kappa shape index (κ2) is 10.3. The van der Waals surface area contributed by atoms with Gasteiger partial charge in [0.25, 0.3) is 0 Å². The Morgan fingerprint density at radius 3 is 2.15 bits per heavy atom. The van der Waals surface area contributed by atoms with Crippen LogP contribution >= 0.6 is 36.0 Å². The van der Waals surface area contributed by atoms with Gasteiger partial charge >= 0.3 is 0 Å². The van der Waals surface area contributed by atoms with Gasteiger partial charge in [-0.25, -0.2) is 0 Å². The Labute approximate surface area is 170 Å². The highest BCUT2D eigenvalue weighted by molar-refractivity contribution is 7.80. The SMILES string of the molecule is CC(C)c1ccc(NC(=S)NNC(=S)NCCc2ccc(Cl)cc2)cc1. The lowest BCUT2D eigenvalue weighted by Gasteiger charge is -2.15. The topological polar surface area (TPSA) is 48.1 Å². The molecule has 0 aliphatic carbocycles. The maximum Gasteiger partial charge on any atom is 0.189 e. The third-order valence-corrected chi connectivity index (χ3v) is 4.44. The summed E-state index contributed by atoms with van der Waals surface area (Å²) in [5.74, 6) is 0.507. The number of rotatable bonds is 5. The van der Waals surface area contributed by atoms with Crippen molar-refractivity contribution < 1.29 is 0 Å². The zero-order valence-electron chi connectivity index (χ0n) is 14.8. The molecule has 26 heavy (non-hydrogen) atoms. The number of hydrazine groups is 1. The smallest absolute Gasteiger partial charge is 0.189 e. The average Bonchev–Trinajstić information content (AvgIpc) is 2.62. The fourth-order valence-corrected chi connectivity index (χ4v) is 2.69. The Bertz CT molecular complexity index is 730. The van der Waals surface area contributed by atoms with Gasteiger partial charge in [0, 0.05) is 17.3 Å². The fourth-order valence-electron chi connectivity index (χ4n) is 2.24. The number of benzene rings is 2. The van der Waals surface area contributed by atoms with Crippen molar-refractivity contribution in [3.63, 3.8) is 0 Å². The molecule has 0 aliphatic heterocycles. The first-order valence-electron chi connectivity index (χ1n) is 8.39. The molecule has 0 unspecified atom stereocenters. The minimum absolute atomic E-state index is 0.448. The zero-order chi connectivity index (χ0) is 18.9. The Morgan fingerprint density at radius 2 is 1.54 bits per heavy atom. The largest absolute Gasteiger partial charge is 0.361 e. The van der Waals surface area contributed by atoms with Crippen LogP contribution in [0, 0.1) is 0 Å². The standard InChI is InChI=1S/C19H23ClN4S2/c1-13(2)15-5-9-17(10-6-15)22-19(26)24-23-18(25)21-12-11-14-3-7-16(20)8-4-14/h3-10,13H,11-12H2,1-2H3,(H2,21,23,25)(H2,22,24,26). The molecule has 4 nitrogen and oxygen atoms in total. The van der Waals surface area contributed by atoms with E-state index in [0.29, 0.717) is 22.7 Å². The normalized spacial score (nSPS) is 10.3. The van der Waals surface area contributed by atoms with Crippen LogP contribution in [-0.4, -0.2) is 16.8 Å². The lowest BCUT2D eigenvalue weighted by Crippen LogP contribution is -2.48. The van der Waals surface area contributed by atoms with Crippen LogP contribution in [0.15, 0.2) is 48.5 Å². The summed E-state index contributed by atoms with van der Waals surface area (Å²) >= 11 is 16.4. The van der Waals surface area contributed by atoms with Gasteiger partial charge in [-0.05, 0) is 72.2 Å². The Morgan fingerprint density at radius 1 is 0.923 bits per heavy atom. The van der Waals surface area contributed by atoms with E-state index in [1.54, 1.807) is 0 Å². The number of hydrogen-bond donors (Lipinski definition) is 4. The highest BCUT2D eigenvalue weighted by Crippen LogP contribution is 2.16. The molecule has 138 valence electrons. The molecular weight excluding hydrogens is 384 g/mol. The van der Waals surface area contributed by atoms with Crippen molar-refractivity contribution in [2.75, 3.05) is 11.9 Å². The summed E-state index contributed by atoms with van der Waals surface area (Å²) in [4.78, 5) is 0. The molecule has 0 heterocycles. The van der Waals surface area contributed by atoms with Crippen molar-refractivity contribution in [1.82, 2.24) is 16.2 Å². The maximum absolute atomic E-state index is 5.87. The van der Waals surface area contributed by atoms with Crippen LogP contribution in [0.3, 0.4) is 0 Å². The molecule has 0 aromatic heterocycles. The second-order valence-electron chi connectivity index (χ2n) is 6.11. The van der Waals surface area contributed by atoms with Gasteiger partial charge in [0.1, 0.15) is 0 Å². The van der Waals surface area contributed by atoms with Crippen molar-refractivity contribution in [3.8, 4) is 0 Å². The molecule has 2 aromatic carbocycles. The Balaban J connectivity index is 1.66. The molecule has 0 radical (unpaired) electrons. The predicted octanol–water partition coefficient (Wildman–Crippen LogP) is 4.37. The molecule has 0 amide bonds. The van der Waals surface area contributed by atoms with Crippen LogP contribution in [0.4, 0.5) is 5.69 Å². The van der Waals surface area contributed by atoms with Gasteiger partial charge in [-0.1, -0.05) is 49.7 Å². The monoisotopic (exact) mass is 406 g/mol. The lowest BCUT2D eigenvalue weighted by molar-refractivity contribution is 0.796. The molecule has 2 aromatic rings. The molecule has 7 heteroatoms. The van der Waals surface area contributed by atoms with Crippen LogP contribution in [0.5, 0.6) is 0 Å². The molecule has 0 saturated carbocycles. The van der Waals surface area contributed by atoms with Crippen LogP contribution < -0.4 is 21.5 Å². The van der Waals surface area contributed by atoms with Crippen LogP contribution in [0.1, 0.15) is 30.9 Å². The molecular formula is C19H23ClN4S2. The second-order valence-corrected chi connectivity index (χ2v) is 7.37. The first-order chi connectivity index (χ1) is 12.4. The fraction of sp³-hybridized carbons (Fsp3) is 0.263. The van der Waals surface area contributed by atoms with E-state index in [1.807, 2.05) is 36.4 Å². The van der Waals surface area contributed by atoms with Crippen molar-refractivity contribution >= 4 is 51.9 Å². The third-order valence-electron chi connectivity index (χ3n) is 3.74. The van der Waals surface area contributed by atoms with Gasteiger partial charge in [0.2, 0.25) is 0 Å². The molecule has 4 N–H and O–H groups in total. The van der Waals surface area contributed by atoms with Gasteiger partial charge in [-0.15, -0.1) is 0 Å². The highest BCUT2D eigenvalue weighted by atomic mass is 35.5. The lowest BCUT2D eigenvalue weighted by atomic mass is 10.0. The molecule has 0 atom stereocenters. The summed E-state index contributed by atoms with van der Waals surface area (Å²) in [7, 11) is 0. The number of halogens is 1. The summed E-state index contributed by atoms with van der Waals surface area (Å²) < 4.78 is 0. The van der Waals surface area contributed by atoms with E-state index < -0.39 is 0 Å². The summed E-state index contributed by atoms with van der Waals surface area (Å²) in [5.41, 5.74) is 9.16. The van der Waals surface area contributed by atoms with Crippen LogP contribution in [0.2, 0.25) is 5.02 Å². The van der Waals surface area contributed by atoms with Gasteiger partial charge in [-0.3, -0.25) is 10.9 Å². The molecule has 0 saturated heterocycles. The number of thiocarbonyl (C=S) groups is 2. The van der Waals surface area contributed by atoms with E-state index in [1.165, 1.54) is 11.1 Å². The average molecular weight is 407 g/mol. The van der Waals surface area contributed by atoms with E-state index in [0.717, 1.165) is 17.1 Å². The predicted molar refractivity (Wildman–Crippen MR) is 119 cm³/mol. The van der Waals surface area contributed by atoms with E-state index >= 15 is 0 Å². The zero-order valence-corrected chi connectivity index (χ0v) is 17.2. The summed E-state index contributed by atoms with van der Waals surface area (Å²) in [6, 6.07) is 16.0. The van der Waals surface area contributed by atoms with Crippen molar-refractivity contribution in [3.05, 3.63) is 64.7 Å². The quantitative estimate of drug-likeness (QED) is 0.437. The molecule has 0 fully saturated rings. The molecule has 0 bridgehead atoms. The minimum atomic E-state index is 0.448. The van der Waals surface area contributed by atoms with Crippen LogP contribution in [-0.2, 0) is 6.42 Å². The van der Waals surface area contributed by atoms with Gasteiger partial charge in [-0.2, -0.15) is 0 Å². The summed E-state index contributed by atoms with van der Waals surface area (Å²) in [6.45, 7) is 5.05. The van der Waals surface area contributed by atoms with Crippen molar-refractivity contribution in [2.45, 2.75) is 26.2 Å². The van der Waals surface area contributed by atoms with E-state index in [2.05, 4.69) is 47.5 Å². The summed E-state index contributed by atoms with van der Waals surface area (Å²) in [6.07, 6.45) is 0.851. The summed E-state index contributed by atoms with van der Waals surface area (Å²) in [5, 5.41) is 7.90. The first kappa shape index (κ1) is 20.4. The number of anilines is 1.